The summed E-state index contributed by atoms with van der Waals surface area (Å²) in [7, 11) is 1.43. The third-order valence-corrected chi connectivity index (χ3v) is 3.22. The van der Waals surface area contributed by atoms with Crippen molar-refractivity contribution in [2.24, 2.45) is 5.41 Å². The number of methoxy groups -OCH3 is 1. The van der Waals surface area contributed by atoms with Crippen LogP contribution in [0.3, 0.4) is 0 Å². The van der Waals surface area contributed by atoms with Crippen LogP contribution in [0.5, 0.6) is 5.75 Å². The van der Waals surface area contributed by atoms with E-state index < -0.39 is 5.82 Å². The topological polar surface area (TPSA) is 29.5 Å². The van der Waals surface area contributed by atoms with Crippen LogP contribution in [-0.2, 0) is 0 Å². The maximum Gasteiger partial charge on any atom is 0.168 e. The van der Waals surface area contributed by atoms with Gasteiger partial charge < -0.3 is 9.84 Å². The fraction of sp³-hybridized carbons (Fsp3) is 0.429. The lowest BCUT2D eigenvalue weighted by Crippen LogP contribution is -2.14. The Balaban J connectivity index is 2.83. The molecule has 2 nitrogen and oxygen atoms in total. The highest BCUT2D eigenvalue weighted by molar-refractivity contribution is 9.10. The van der Waals surface area contributed by atoms with Gasteiger partial charge in [-0.05, 0) is 45.5 Å². The number of halogens is 2. The van der Waals surface area contributed by atoms with Gasteiger partial charge in [0.15, 0.2) is 11.6 Å². The molecule has 100 valence electrons. The lowest BCUT2D eigenvalue weighted by Gasteiger charge is -2.18. The van der Waals surface area contributed by atoms with Crippen molar-refractivity contribution in [3.8, 4) is 5.75 Å². The van der Waals surface area contributed by atoms with Gasteiger partial charge in [0.05, 0.1) is 11.6 Å². The number of benzene rings is 1. The van der Waals surface area contributed by atoms with Gasteiger partial charge in [-0.2, -0.15) is 0 Å². The van der Waals surface area contributed by atoms with E-state index in [1.54, 1.807) is 6.07 Å². The van der Waals surface area contributed by atoms with E-state index in [4.69, 9.17) is 9.84 Å². The molecule has 0 amide bonds. The lowest BCUT2D eigenvalue weighted by molar-refractivity contribution is 0.162. The van der Waals surface area contributed by atoms with Crippen molar-refractivity contribution in [2.75, 3.05) is 13.7 Å². The van der Waals surface area contributed by atoms with Gasteiger partial charge >= 0.3 is 0 Å². The van der Waals surface area contributed by atoms with E-state index >= 15 is 0 Å². The highest BCUT2D eigenvalue weighted by atomic mass is 79.9. The summed E-state index contributed by atoms with van der Waals surface area (Å²) < 4.78 is 19.1. The number of ether oxygens (including phenoxy) is 1. The zero-order valence-corrected chi connectivity index (χ0v) is 12.4. The Morgan fingerprint density at radius 1 is 1.44 bits per heavy atom. The standard InChI is InChI=1S/C14H18BrFO2/c1-14(2,9-17)6-4-5-10-7-11(15)13(18-3)12(16)8-10/h4-5,7-8,17H,6,9H2,1-3H3/b5-4+. The number of hydrogen-bond acceptors (Lipinski definition) is 2. The monoisotopic (exact) mass is 316 g/mol. The second-order valence-electron chi connectivity index (χ2n) is 4.95. The molecule has 4 heteroatoms. The van der Waals surface area contributed by atoms with Crippen LogP contribution in [0.1, 0.15) is 25.8 Å². The zero-order valence-electron chi connectivity index (χ0n) is 10.8. The molecule has 0 aromatic heterocycles. The number of aliphatic hydroxyl groups is 1. The molecule has 0 aliphatic rings. The highest BCUT2D eigenvalue weighted by Crippen LogP contribution is 2.30. The summed E-state index contributed by atoms with van der Waals surface area (Å²) in [6, 6.07) is 3.22. The predicted octanol–water partition coefficient (Wildman–Crippen LogP) is 4.02. The third-order valence-electron chi connectivity index (χ3n) is 2.63. The average molecular weight is 317 g/mol. The first kappa shape index (κ1) is 15.2. The van der Waals surface area contributed by atoms with Crippen molar-refractivity contribution < 1.29 is 14.2 Å². The maximum absolute atomic E-state index is 13.6. The van der Waals surface area contributed by atoms with Gasteiger partial charge in [-0.25, -0.2) is 4.39 Å². The molecule has 1 aromatic rings. The summed E-state index contributed by atoms with van der Waals surface area (Å²) in [4.78, 5) is 0. The van der Waals surface area contributed by atoms with E-state index in [0.29, 0.717) is 4.47 Å². The molecule has 0 radical (unpaired) electrons. The minimum absolute atomic E-state index is 0.123. The van der Waals surface area contributed by atoms with E-state index in [9.17, 15) is 4.39 Å². The van der Waals surface area contributed by atoms with Gasteiger partial charge in [0.2, 0.25) is 0 Å². The van der Waals surface area contributed by atoms with E-state index in [1.807, 2.05) is 26.0 Å². The molecule has 0 heterocycles. The molecular weight excluding hydrogens is 299 g/mol. The molecule has 0 aliphatic carbocycles. The second-order valence-corrected chi connectivity index (χ2v) is 5.80. The van der Waals surface area contributed by atoms with Crippen molar-refractivity contribution in [1.82, 2.24) is 0 Å². The molecule has 1 aromatic carbocycles. The average Bonchev–Trinajstić information content (AvgIpc) is 2.28. The maximum atomic E-state index is 13.6. The molecule has 0 fully saturated rings. The van der Waals surface area contributed by atoms with Gasteiger partial charge in [0, 0.05) is 6.61 Å². The highest BCUT2D eigenvalue weighted by Gasteiger charge is 2.14. The fourth-order valence-electron chi connectivity index (χ4n) is 1.45. The number of aliphatic hydroxyl groups excluding tert-OH is 1. The normalized spacial score (nSPS) is 12.1. The van der Waals surface area contributed by atoms with Crippen LogP contribution in [0.15, 0.2) is 22.7 Å². The quantitative estimate of drug-likeness (QED) is 0.889. The van der Waals surface area contributed by atoms with Gasteiger partial charge in [-0.3, -0.25) is 0 Å². The molecule has 1 rings (SSSR count). The second kappa shape index (κ2) is 6.34. The van der Waals surface area contributed by atoms with E-state index in [-0.39, 0.29) is 17.8 Å². The first-order chi connectivity index (χ1) is 8.39. The number of allylic oxidation sites excluding steroid dienone is 1. The minimum atomic E-state index is -0.395. The Hall–Kier alpha value is -0.870. The van der Waals surface area contributed by atoms with Crippen molar-refractivity contribution >= 4 is 22.0 Å². The summed E-state index contributed by atoms with van der Waals surface area (Å²) >= 11 is 3.26. The van der Waals surface area contributed by atoms with Crippen molar-refractivity contribution in [3.05, 3.63) is 34.1 Å². The number of rotatable bonds is 5. The molecule has 0 saturated heterocycles. The lowest BCUT2D eigenvalue weighted by atomic mass is 9.90. The molecular formula is C14H18BrFO2. The van der Waals surface area contributed by atoms with Crippen LogP contribution in [0.2, 0.25) is 0 Å². The SMILES string of the molecule is COc1c(F)cc(/C=C/CC(C)(C)CO)cc1Br. The van der Waals surface area contributed by atoms with Crippen LogP contribution in [-0.4, -0.2) is 18.8 Å². The fourth-order valence-corrected chi connectivity index (χ4v) is 2.06. The van der Waals surface area contributed by atoms with E-state index in [1.165, 1.54) is 13.2 Å². The summed E-state index contributed by atoms with van der Waals surface area (Å²) in [5.74, 6) is -0.184. The summed E-state index contributed by atoms with van der Waals surface area (Å²) in [5, 5.41) is 9.13. The minimum Gasteiger partial charge on any atom is -0.492 e. The van der Waals surface area contributed by atoms with Crippen molar-refractivity contribution in [3.63, 3.8) is 0 Å². The van der Waals surface area contributed by atoms with Gasteiger partial charge in [0.25, 0.3) is 0 Å². The third kappa shape index (κ3) is 4.10. The van der Waals surface area contributed by atoms with E-state index in [0.717, 1.165) is 12.0 Å². The van der Waals surface area contributed by atoms with Gasteiger partial charge in [-0.15, -0.1) is 0 Å². The van der Waals surface area contributed by atoms with Gasteiger partial charge in [0.1, 0.15) is 0 Å². The van der Waals surface area contributed by atoms with Crippen molar-refractivity contribution in [2.45, 2.75) is 20.3 Å². The molecule has 0 bridgehead atoms. The predicted molar refractivity (Wildman–Crippen MR) is 75.2 cm³/mol. The Morgan fingerprint density at radius 3 is 2.61 bits per heavy atom. The van der Waals surface area contributed by atoms with Crippen LogP contribution in [0.4, 0.5) is 4.39 Å². The molecule has 0 atom stereocenters. The summed E-state index contributed by atoms with van der Waals surface area (Å²) in [6.45, 7) is 4.07. The molecule has 0 saturated carbocycles. The molecule has 18 heavy (non-hydrogen) atoms. The van der Waals surface area contributed by atoms with Gasteiger partial charge in [-0.1, -0.05) is 26.0 Å². The Bertz CT molecular complexity index is 418. The van der Waals surface area contributed by atoms with Crippen molar-refractivity contribution in [1.29, 1.82) is 0 Å². The zero-order chi connectivity index (χ0) is 13.8. The summed E-state index contributed by atoms with van der Waals surface area (Å²) in [5.41, 5.74) is 0.604. The van der Waals surface area contributed by atoms with Crippen LogP contribution in [0, 0.1) is 11.2 Å². The Labute approximate surface area is 116 Å². The molecule has 0 unspecified atom stereocenters. The smallest absolute Gasteiger partial charge is 0.168 e. The van der Waals surface area contributed by atoms with Crippen LogP contribution >= 0.6 is 15.9 Å². The Kier molecular flexibility index (Phi) is 5.35. The van der Waals surface area contributed by atoms with Crippen LogP contribution in [0.25, 0.3) is 6.08 Å². The first-order valence-electron chi connectivity index (χ1n) is 5.70. The number of hydrogen-bond donors (Lipinski definition) is 1. The molecule has 0 spiro atoms. The molecule has 1 N–H and O–H groups in total. The van der Waals surface area contributed by atoms with E-state index in [2.05, 4.69) is 15.9 Å². The summed E-state index contributed by atoms with van der Waals surface area (Å²) in [6.07, 6.45) is 4.50. The largest absolute Gasteiger partial charge is 0.492 e. The first-order valence-corrected chi connectivity index (χ1v) is 6.49. The van der Waals surface area contributed by atoms with Crippen LogP contribution < -0.4 is 4.74 Å². The molecule has 0 aliphatic heterocycles. The Morgan fingerprint density at radius 2 is 2.11 bits per heavy atom.